The molecular formula is C18H22N2O. The van der Waals surface area contributed by atoms with E-state index < -0.39 is 0 Å². The van der Waals surface area contributed by atoms with Crippen molar-refractivity contribution in [3.63, 3.8) is 0 Å². The first kappa shape index (κ1) is 15.3. The fourth-order valence-electron chi connectivity index (χ4n) is 2.13. The molecule has 1 N–H and O–H groups in total. The number of hydrogen-bond donors (Lipinski definition) is 1. The van der Waals surface area contributed by atoms with Crippen LogP contribution in [0.15, 0.2) is 42.5 Å². The van der Waals surface area contributed by atoms with E-state index in [2.05, 4.69) is 23.3 Å². The van der Waals surface area contributed by atoms with Gasteiger partial charge in [-0.05, 0) is 38.1 Å². The van der Waals surface area contributed by atoms with E-state index in [0.717, 1.165) is 30.1 Å². The van der Waals surface area contributed by atoms with Crippen LogP contribution in [-0.2, 0) is 6.54 Å². The third-order valence-electron chi connectivity index (χ3n) is 3.05. The van der Waals surface area contributed by atoms with Gasteiger partial charge in [0.2, 0.25) is 5.88 Å². The molecule has 0 aliphatic carbocycles. The summed E-state index contributed by atoms with van der Waals surface area (Å²) < 4.78 is 5.97. The van der Waals surface area contributed by atoms with Crippen LogP contribution < -0.4 is 10.1 Å². The van der Waals surface area contributed by atoms with Gasteiger partial charge >= 0.3 is 0 Å². The van der Waals surface area contributed by atoms with Crippen LogP contribution in [0, 0.1) is 6.92 Å². The Bertz CT molecular complexity index is 620. The van der Waals surface area contributed by atoms with Crippen molar-refractivity contribution in [1.82, 2.24) is 10.3 Å². The highest BCUT2D eigenvalue weighted by molar-refractivity contribution is 5.57. The molecule has 0 fully saturated rings. The maximum Gasteiger partial charge on any atom is 0.219 e. The van der Waals surface area contributed by atoms with E-state index in [4.69, 9.17) is 4.74 Å². The third kappa shape index (κ3) is 4.43. The second-order valence-corrected chi connectivity index (χ2v) is 4.88. The Morgan fingerprint density at radius 2 is 2.05 bits per heavy atom. The molecule has 3 heteroatoms. The third-order valence-corrected chi connectivity index (χ3v) is 3.05. The number of hydrogen-bond acceptors (Lipinski definition) is 3. The van der Waals surface area contributed by atoms with Gasteiger partial charge in [-0.3, -0.25) is 0 Å². The van der Waals surface area contributed by atoms with E-state index in [9.17, 15) is 0 Å². The van der Waals surface area contributed by atoms with E-state index in [0.29, 0.717) is 5.88 Å². The summed E-state index contributed by atoms with van der Waals surface area (Å²) in [5, 5.41) is 3.32. The lowest BCUT2D eigenvalue weighted by Crippen LogP contribution is -2.12. The molecule has 0 saturated carbocycles. The number of aromatic nitrogens is 1. The second-order valence-electron chi connectivity index (χ2n) is 4.88. The molecule has 3 nitrogen and oxygen atoms in total. The van der Waals surface area contributed by atoms with Crippen LogP contribution in [0.3, 0.4) is 0 Å². The number of nitrogens with zero attached hydrogens (tertiary/aromatic N) is 1. The Labute approximate surface area is 126 Å². The van der Waals surface area contributed by atoms with Crippen molar-refractivity contribution in [3.05, 3.63) is 59.3 Å². The molecule has 0 saturated heterocycles. The van der Waals surface area contributed by atoms with Gasteiger partial charge in [-0.2, -0.15) is 0 Å². The minimum absolute atomic E-state index is 0.639. The zero-order valence-electron chi connectivity index (χ0n) is 12.9. The van der Waals surface area contributed by atoms with Crippen molar-refractivity contribution in [1.29, 1.82) is 0 Å². The number of nitrogens with one attached hydrogen (secondary N) is 1. The highest BCUT2D eigenvalue weighted by Crippen LogP contribution is 2.26. The van der Waals surface area contributed by atoms with E-state index in [1.165, 1.54) is 5.56 Å². The van der Waals surface area contributed by atoms with Crippen LogP contribution in [0.4, 0.5) is 0 Å². The number of rotatable bonds is 6. The summed E-state index contributed by atoms with van der Waals surface area (Å²) in [4.78, 5) is 4.46. The number of para-hydroxylation sites is 1. The van der Waals surface area contributed by atoms with Gasteiger partial charge in [-0.1, -0.05) is 37.3 Å². The molecule has 21 heavy (non-hydrogen) atoms. The molecule has 0 atom stereocenters. The lowest BCUT2D eigenvalue weighted by Gasteiger charge is -2.10. The molecule has 0 bridgehead atoms. The molecule has 2 rings (SSSR count). The van der Waals surface area contributed by atoms with Gasteiger partial charge in [-0.25, -0.2) is 4.98 Å². The Morgan fingerprint density at radius 1 is 1.24 bits per heavy atom. The summed E-state index contributed by atoms with van der Waals surface area (Å²) in [5.41, 5.74) is 3.20. The largest absolute Gasteiger partial charge is 0.438 e. The molecule has 1 aromatic heterocycles. The topological polar surface area (TPSA) is 34.1 Å². The molecule has 0 amide bonds. The summed E-state index contributed by atoms with van der Waals surface area (Å²) in [6.07, 6.45) is 4.03. The number of allylic oxidation sites excluding steroid dienone is 1. The molecule has 0 radical (unpaired) electrons. The predicted molar refractivity (Wildman–Crippen MR) is 87.6 cm³/mol. The second kappa shape index (κ2) is 7.60. The quantitative estimate of drug-likeness (QED) is 0.856. The summed E-state index contributed by atoms with van der Waals surface area (Å²) >= 11 is 0. The van der Waals surface area contributed by atoms with Gasteiger partial charge in [0.05, 0.1) is 0 Å². The molecule has 2 aromatic rings. The van der Waals surface area contributed by atoms with Crippen molar-refractivity contribution in [2.45, 2.75) is 27.3 Å². The van der Waals surface area contributed by atoms with E-state index in [1.54, 1.807) is 0 Å². The highest BCUT2D eigenvalue weighted by atomic mass is 16.5. The SMILES string of the molecule is C/C=C/c1ccccc1Oc1cc(CNCC)cc(C)n1. The summed E-state index contributed by atoms with van der Waals surface area (Å²) in [5.74, 6) is 1.46. The summed E-state index contributed by atoms with van der Waals surface area (Å²) in [6, 6.07) is 12.0. The van der Waals surface area contributed by atoms with E-state index in [-0.39, 0.29) is 0 Å². The number of aryl methyl sites for hydroxylation is 1. The molecule has 0 spiro atoms. The molecule has 0 aliphatic heterocycles. The van der Waals surface area contributed by atoms with Crippen molar-refractivity contribution in [2.24, 2.45) is 0 Å². The monoisotopic (exact) mass is 282 g/mol. The van der Waals surface area contributed by atoms with Gasteiger partial charge in [-0.15, -0.1) is 0 Å². The van der Waals surface area contributed by atoms with Crippen LogP contribution in [0.25, 0.3) is 6.08 Å². The first-order chi connectivity index (χ1) is 10.2. The van der Waals surface area contributed by atoms with E-state index in [1.807, 2.05) is 56.3 Å². The summed E-state index contributed by atoms with van der Waals surface area (Å²) in [7, 11) is 0. The van der Waals surface area contributed by atoms with Crippen molar-refractivity contribution in [2.75, 3.05) is 6.54 Å². The first-order valence-electron chi connectivity index (χ1n) is 7.30. The molecule has 0 aliphatic rings. The zero-order valence-corrected chi connectivity index (χ0v) is 12.9. The van der Waals surface area contributed by atoms with Gasteiger partial charge in [0.1, 0.15) is 5.75 Å². The van der Waals surface area contributed by atoms with Crippen LogP contribution >= 0.6 is 0 Å². The number of benzene rings is 1. The van der Waals surface area contributed by atoms with Gasteiger partial charge in [0.25, 0.3) is 0 Å². The first-order valence-corrected chi connectivity index (χ1v) is 7.30. The fraction of sp³-hybridized carbons (Fsp3) is 0.278. The van der Waals surface area contributed by atoms with Crippen molar-refractivity contribution < 1.29 is 4.74 Å². The predicted octanol–water partition coefficient (Wildman–Crippen LogP) is 4.32. The van der Waals surface area contributed by atoms with Crippen LogP contribution in [0.2, 0.25) is 0 Å². The Kier molecular flexibility index (Phi) is 5.52. The molecule has 1 heterocycles. The van der Waals surface area contributed by atoms with Crippen LogP contribution in [0.1, 0.15) is 30.7 Å². The molecule has 110 valence electrons. The summed E-state index contributed by atoms with van der Waals surface area (Å²) in [6.45, 7) is 7.85. The minimum Gasteiger partial charge on any atom is -0.438 e. The smallest absolute Gasteiger partial charge is 0.219 e. The fourth-order valence-corrected chi connectivity index (χ4v) is 2.13. The average molecular weight is 282 g/mol. The standard InChI is InChI=1S/C18H22N2O/c1-4-8-16-9-6-7-10-17(16)21-18-12-15(13-19-5-2)11-14(3)20-18/h4,6-12,19H,5,13H2,1-3H3/b8-4+. The van der Waals surface area contributed by atoms with Crippen molar-refractivity contribution in [3.8, 4) is 11.6 Å². The van der Waals surface area contributed by atoms with Crippen molar-refractivity contribution >= 4 is 6.08 Å². The van der Waals surface area contributed by atoms with Gasteiger partial charge in [0.15, 0.2) is 0 Å². The maximum atomic E-state index is 5.97. The Hall–Kier alpha value is -2.13. The lowest BCUT2D eigenvalue weighted by molar-refractivity contribution is 0.459. The number of ether oxygens (including phenoxy) is 1. The normalized spacial score (nSPS) is 11.0. The lowest BCUT2D eigenvalue weighted by atomic mass is 10.2. The Balaban J connectivity index is 2.25. The average Bonchev–Trinajstić information content (AvgIpc) is 2.47. The molecule has 1 aromatic carbocycles. The minimum atomic E-state index is 0.639. The highest BCUT2D eigenvalue weighted by Gasteiger charge is 2.05. The molecule has 0 unspecified atom stereocenters. The Morgan fingerprint density at radius 3 is 2.81 bits per heavy atom. The zero-order chi connectivity index (χ0) is 15.1. The van der Waals surface area contributed by atoms with Crippen LogP contribution in [-0.4, -0.2) is 11.5 Å². The number of pyridine rings is 1. The molecular weight excluding hydrogens is 260 g/mol. The van der Waals surface area contributed by atoms with E-state index >= 15 is 0 Å². The van der Waals surface area contributed by atoms with Crippen LogP contribution in [0.5, 0.6) is 11.6 Å². The maximum absolute atomic E-state index is 5.97. The van der Waals surface area contributed by atoms with Gasteiger partial charge < -0.3 is 10.1 Å². The van der Waals surface area contributed by atoms with Gasteiger partial charge in [0, 0.05) is 23.9 Å².